The third-order valence-corrected chi connectivity index (χ3v) is 3.18. The van der Waals surface area contributed by atoms with E-state index in [-0.39, 0.29) is 0 Å². The summed E-state index contributed by atoms with van der Waals surface area (Å²) in [5, 5.41) is 14.7. The molecule has 0 amide bonds. The highest BCUT2D eigenvalue weighted by atomic mass is 15.3. The molecular formula is C12H24N6. The standard InChI is InChI=1S/C12H24N6/c1-8(2)9(3)15-12(13-5)14-7-11-17-16-10(4)18(11)6/h8-9H,7H2,1-6H3,(H2,13,14,15). The predicted molar refractivity (Wildman–Crippen MR) is 73.4 cm³/mol. The Bertz CT molecular complexity index is 407. The first-order valence-corrected chi connectivity index (χ1v) is 6.27. The fourth-order valence-electron chi connectivity index (χ4n) is 1.34. The minimum atomic E-state index is 0.373. The van der Waals surface area contributed by atoms with E-state index >= 15 is 0 Å². The fourth-order valence-corrected chi connectivity index (χ4v) is 1.34. The molecule has 1 aromatic heterocycles. The van der Waals surface area contributed by atoms with E-state index in [0.29, 0.717) is 18.5 Å². The topological polar surface area (TPSA) is 67.1 Å². The average molecular weight is 252 g/mol. The van der Waals surface area contributed by atoms with Crippen LogP contribution in [0.25, 0.3) is 0 Å². The first-order valence-electron chi connectivity index (χ1n) is 6.27. The molecule has 0 saturated heterocycles. The van der Waals surface area contributed by atoms with Gasteiger partial charge < -0.3 is 15.2 Å². The van der Waals surface area contributed by atoms with E-state index in [1.807, 2.05) is 18.5 Å². The van der Waals surface area contributed by atoms with Crippen molar-refractivity contribution in [3.8, 4) is 0 Å². The largest absolute Gasteiger partial charge is 0.354 e. The van der Waals surface area contributed by atoms with E-state index in [1.54, 1.807) is 7.05 Å². The van der Waals surface area contributed by atoms with Gasteiger partial charge in [0.05, 0.1) is 6.54 Å². The summed E-state index contributed by atoms with van der Waals surface area (Å²) in [5.41, 5.74) is 0. The molecule has 18 heavy (non-hydrogen) atoms. The molecule has 0 aliphatic rings. The van der Waals surface area contributed by atoms with Gasteiger partial charge in [-0.3, -0.25) is 4.99 Å². The Labute approximate surface area is 109 Å². The van der Waals surface area contributed by atoms with Crippen LogP contribution in [0, 0.1) is 12.8 Å². The smallest absolute Gasteiger partial charge is 0.191 e. The van der Waals surface area contributed by atoms with Crippen LogP contribution in [-0.2, 0) is 13.6 Å². The molecule has 1 atom stereocenters. The van der Waals surface area contributed by atoms with Crippen LogP contribution in [0.4, 0.5) is 0 Å². The lowest BCUT2D eigenvalue weighted by molar-refractivity contribution is 0.480. The van der Waals surface area contributed by atoms with Crippen LogP contribution in [0.3, 0.4) is 0 Å². The molecular weight excluding hydrogens is 228 g/mol. The van der Waals surface area contributed by atoms with Gasteiger partial charge in [-0.25, -0.2) is 0 Å². The van der Waals surface area contributed by atoms with Crippen LogP contribution in [0.15, 0.2) is 4.99 Å². The van der Waals surface area contributed by atoms with Gasteiger partial charge in [0, 0.05) is 20.1 Å². The van der Waals surface area contributed by atoms with Crippen LogP contribution in [0.2, 0.25) is 0 Å². The minimum absolute atomic E-state index is 0.373. The maximum Gasteiger partial charge on any atom is 0.191 e. The molecule has 1 heterocycles. The molecule has 0 spiro atoms. The highest BCUT2D eigenvalue weighted by molar-refractivity contribution is 5.79. The molecule has 0 aliphatic carbocycles. The molecule has 1 aromatic rings. The highest BCUT2D eigenvalue weighted by Gasteiger charge is 2.10. The molecule has 1 rings (SSSR count). The van der Waals surface area contributed by atoms with E-state index in [0.717, 1.165) is 17.6 Å². The van der Waals surface area contributed by atoms with Gasteiger partial charge in [-0.15, -0.1) is 10.2 Å². The van der Waals surface area contributed by atoms with Crippen molar-refractivity contribution in [2.45, 2.75) is 40.3 Å². The summed E-state index contributed by atoms with van der Waals surface area (Å²) < 4.78 is 1.96. The average Bonchev–Trinajstić information content (AvgIpc) is 2.65. The Kier molecular flexibility index (Phi) is 5.12. The summed E-state index contributed by atoms with van der Waals surface area (Å²) in [6.45, 7) is 9.05. The Balaban J connectivity index is 2.53. The number of aryl methyl sites for hydroxylation is 1. The second-order valence-electron chi connectivity index (χ2n) is 4.83. The zero-order valence-corrected chi connectivity index (χ0v) is 12.2. The SMILES string of the molecule is CN=C(NCc1nnc(C)n1C)NC(C)C(C)C. The Hall–Kier alpha value is -1.59. The van der Waals surface area contributed by atoms with Crippen molar-refractivity contribution in [3.63, 3.8) is 0 Å². The third kappa shape index (κ3) is 3.72. The summed E-state index contributed by atoms with van der Waals surface area (Å²) in [6.07, 6.45) is 0. The lowest BCUT2D eigenvalue weighted by atomic mass is 10.1. The Morgan fingerprint density at radius 1 is 1.33 bits per heavy atom. The number of hydrogen-bond donors (Lipinski definition) is 2. The minimum Gasteiger partial charge on any atom is -0.354 e. The Morgan fingerprint density at radius 2 is 2.00 bits per heavy atom. The molecule has 1 unspecified atom stereocenters. The second-order valence-corrected chi connectivity index (χ2v) is 4.83. The molecule has 0 fully saturated rings. The summed E-state index contributed by atoms with van der Waals surface area (Å²) in [6, 6.07) is 0.373. The van der Waals surface area contributed by atoms with Crippen molar-refractivity contribution >= 4 is 5.96 Å². The quantitative estimate of drug-likeness (QED) is 0.615. The molecule has 0 aliphatic heterocycles. The summed E-state index contributed by atoms with van der Waals surface area (Å²) in [7, 11) is 3.73. The van der Waals surface area contributed by atoms with Crippen LogP contribution >= 0.6 is 0 Å². The zero-order chi connectivity index (χ0) is 13.7. The van der Waals surface area contributed by atoms with Gasteiger partial charge >= 0.3 is 0 Å². The van der Waals surface area contributed by atoms with Crippen molar-refractivity contribution in [1.29, 1.82) is 0 Å². The number of hydrogen-bond acceptors (Lipinski definition) is 3. The Morgan fingerprint density at radius 3 is 2.44 bits per heavy atom. The molecule has 0 bridgehead atoms. The maximum absolute atomic E-state index is 4.20. The van der Waals surface area contributed by atoms with Crippen molar-refractivity contribution in [3.05, 3.63) is 11.6 Å². The molecule has 102 valence electrons. The molecule has 0 saturated carbocycles. The maximum atomic E-state index is 4.20. The van der Waals surface area contributed by atoms with E-state index < -0.39 is 0 Å². The number of nitrogens with zero attached hydrogens (tertiary/aromatic N) is 4. The molecule has 0 aromatic carbocycles. The normalized spacial score (nSPS) is 13.8. The molecule has 2 N–H and O–H groups in total. The predicted octanol–water partition coefficient (Wildman–Crippen LogP) is 0.833. The fraction of sp³-hybridized carbons (Fsp3) is 0.750. The number of nitrogens with one attached hydrogen (secondary N) is 2. The summed E-state index contributed by atoms with van der Waals surface area (Å²) >= 11 is 0. The van der Waals surface area contributed by atoms with Crippen molar-refractivity contribution < 1.29 is 0 Å². The van der Waals surface area contributed by atoms with E-state index in [4.69, 9.17) is 0 Å². The van der Waals surface area contributed by atoms with Gasteiger partial charge in [0.1, 0.15) is 5.82 Å². The van der Waals surface area contributed by atoms with Crippen molar-refractivity contribution in [1.82, 2.24) is 25.4 Å². The van der Waals surface area contributed by atoms with Gasteiger partial charge in [-0.05, 0) is 19.8 Å². The first-order chi connectivity index (χ1) is 8.45. The molecule has 0 radical (unpaired) electrons. The van der Waals surface area contributed by atoms with E-state index in [1.165, 1.54) is 0 Å². The van der Waals surface area contributed by atoms with E-state index in [2.05, 4.69) is 46.6 Å². The van der Waals surface area contributed by atoms with Gasteiger partial charge in [-0.2, -0.15) is 0 Å². The van der Waals surface area contributed by atoms with Crippen LogP contribution in [0.1, 0.15) is 32.4 Å². The highest BCUT2D eigenvalue weighted by Crippen LogP contribution is 2.00. The van der Waals surface area contributed by atoms with Gasteiger partial charge in [0.15, 0.2) is 11.8 Å². The van der Waals surface area contributed by atoms with Crippen molar-refractivity contribution in [2.24, 2.45) is 18.0 Å². The second kappa shape index (κ2) is 6.37. The van der Waals surface area contributed by atoms with Crippen LogP contribution in [0.5, 0.6) is 0 Å². The summed E-state index contributed by atoms with van der Waals surface area (Å²) in [4.78, 5) is 4.20. The van der Waals surface area contributed by atoms with E-state index in [9.17, 15) is 0 Å². The van der Waals surface area contributed by atoms with Gasteiger partial charge in [-0.1, -0.05) is 13.8 Å². The lowest BCUT2D eigenvalue weighted by Crippen LogP contribution is -2.44. The molecule has 6 heteroatoms. The number of guanidine groups is 1. The summed E-state index contributed by atoms with van der Waals surface area (Å²) in [5.74, 6) is 3.15. The lowest BCUT2D eigenvalue weighted by Gasteiger charge is -2.20. The van der Waals surface area contributed by atoms with Crippen molar-refractivity contribution in [2.75, 3.05) is 7.05 Å². The van der Waals surface area contributed by atoms with Crippen LogP contribution in [-0.4, -0.2) is 33.8 Å². The number of rotatable bonds is 4. The van der Waals surface area contributed by atoms with Crippen LogP contribution < -0.4 is 10.6 Å². The van der Waals surface area contributed by atoms with Gasteiger partial charge in [0.2, 0.25) is 0 Å². The molecule has 6 nitrogen and oxygen atoms in total. The first kappa shape index (κ1) is 14.5. The number of aromatic nitrogens is 3. The monoisotopic (exact) mass is 252 g/mol. The zero-order valence-electron chi connectivity index (χ0n) is 12.2. The third-order valence-electron chi connectivity index (χ3n) is 3.18. The number of aliphatic imine (C=N–C) groups is 1. The van der Waals surface area contributed by atoms with Gasteiger partial charge in [0.25, 0.3) is 0 Å².